The van der Waals surface area contributed by atoms with Crippen LogP contribution in [-0.4, -0.2) is 42.1 Å². The van der Waals surface area contributed by atoms with Gasteiger partial charge in [-0.3, -0.25) is 4.79 Å². The number of nitrogens with one attached hydrogen (secondary N) is 1. The number of carbonyl (C=O) groups is 2. The van der Waals surface area contributed by atoms with Gasteiger partial charge in [0, 0.05) is 31.0 Å². The highest BCUT2D eigenvalue weighted by Crippen LogP contribution is 2.29. The molecule has 2 amide bonds. The summed E-state index contributed by atoms with van der Waals surface area (Å²) >= 11 is 5.95. The van der Waals surface area contributed by atoms with Crippen LogP contribution >= 0.6 is 11.6 Å². The highest BCUT2D eigenvalue weighted by atomic mass is 35.5. The fourth-order valence-electron chi connectivity index (χ4n) is 2.88. The number of rotatable bonds is 2. The normalized spacial score (nSPS) is 19.9. The van der Waals surface area contributed by atoms with Gasteiger partial charge in [0.25, 0.3) is 0 Å². The van der Waals surface area contributed by atoms with E-state index in [0.717, 1.165) is 0 Å². The summed E-state index contributed by atoms with van der Waals surface area (Å²) < 4.78 is 18.3. The van der Waals surface area contributed by atoms with Gasteiger partial charge in [-0.05, 0) is 17.7 Å². The molecule has 0 aliphatic carbocycles. The van der Waals surface area contributed by atoms with E-state index >= 15 is 0 Å². The third-order valence-corrected chi connectivity index (χ3v) is 4.60. The summed E-state index contributed by atoms with van der Waals surface area (Å²) in [5.74, 6) is -0.475. The molecule has 0 bridgehead atoms. The van der Waals surface area contributed by atoms with Crippen LogP contribution < -0.4 is 5.32 Å². The molecule has 3 rings (SSSR count). The number of piperidine rings is 1. The third kappa shape index (κ3) is 3.02. The molecular weight excluding hydrogens is 311 g/mol. The van der Waals surface area contributed by atoms with Crippen molar-refractivity contribution in [2.45, 2.75) is 24.9 Å². The molecule has 1 spiro atoms. The number of alkyl carbamates (subject to hydrolysis) is 1. The van der Waals surface area contributed by atoms with Crippen molar-refractivity contribution in [3.05, 3.63) is 34.6 Å². The number of amides is 2. The van der Waals surface area contributed by atoms with Crippen LogP contribution in [0.2, 0.25) is 5.02 Å². The van der Waals surface area contributed by atoms with Crippen LogP contribution in [0, 0.1) is 5.82 Å². The van der Waals surface area contributed by atoms with E-state index in [4.69, 9.17) is 16.3 Å². The van der Waals surface area contributed by atoms with Gasteiger partial charge in [-0.2, -0.15) is 0 Å². The largest absolute Gasteiger partial charge is 0.441 e. The lowest BCUT2D eigenvalue weighted by atomic mass is 9.91. The number of hydrogen-bond acceptors (Lipinski definition) is 3. The summed E-state index contributed by atoms with van der Waals surface area (Å²) in [7, 11) is 0. The lowest BCUT2D eigenvalue weighted by Gasteiger charge is -2.37. The smallest absolute Gasteiger partial charge is 0.407 e. The van der Waals surface area contributed by atoms with Crippen LogP contribution in [0.4, 0.5) is 9.18 Å². The maximum atomic E-state index is 13.0. The van der Waals surface area contributed by atoms with E-state index < -0.39 is 17.5 Å². The Labute approximate surface area is 132 Å². The number of likely N-dealkylation sites (tertiary alicyclic amines) is 1. The second-order valence-corrected chi connectivity index (χ2v) is 6.13. The molecule has 22 heavy (non-hydrogen) atoms. The van der Waals surface area contributed by atoms with Gasteiger partial charge in [0.1, 0.15) is 11.4 Å². The number of carbonyl (C=O) groups excluding carboxylic acids is 2. The fraction of sp³-hybridized carbons (Fsp3) is 0.467. The Kier molecular flexibility index (Phi) is 3.95. The lowest BCUT2D eigenvalue weighted by Crippen LogP contribution is -2.48. The van der Waals surface area contributed by atoms with E-state index in [1.54, 1.807) is 4.90 Å². The quantitative estimate of drug-likeness (QED) is 0.905. The average molecular weight is 327 g/mol. The molecule has 0 atom stereocenters. The second-order valence-electron chi connectivity index (χ2n) is 5.72. The molecule has 2 heterocycles. The summed E-state index contributed by atoms with van der Waals surface area (Å²) in [5.41, 5.74) is 0.142. The van der Waals surface area contributed by atoms with Gasteiger partial charge in [-0.25, -0.2) is 9.18 Å². The van der Waals surface area contributed by atoms with Gasteiger partial charge in [-0.15, -0.1) is 0 Å². The molecule has 2 fully saturated rings. The highest BCUT2D eigenvalue weighted by molar-refractivity contribution is 6.31. The molecule has 0 aromatic heterocycles. The average Bonchev–Trinajstić information content (AvgIpc) is 2.83. The zero-order valence-corrected chi connectivity index (χ0v) is 12.7. The molecule has 2 aliphatic rings. The van der Waals surface area contributed by atoms with E-state index in [1.165, 1.54) is 18.2 Å². The van der Waals surface area contributed by atoms with Crippen molar-refractivity contribution in [1.82, 2.24) is 10.2 Å². The first-order valence-corrected chi connectivity index (χ1v) is 7.54. The van der Waals surface area contributed by atoms with Crippen molar-refractivity contribution in [3.8, 4) is 0 Å². The van der Waals surface area contributed by atoms with Gasteiger partial charge in [-0.1, -0.05) is 17.7 Å². The number of nitrogens with zero attached hydrogens (tertiary/aromatic N) is 1. The van der Waals surface area contributed by atoms with Gasteiger partial charge < -0.3 is 15.0 Å². The maximum absolute atomic E-state index is 13.0. The van der Waals surface area contributed by atoms with Gasteiger partial charge in [0.15, 0.2) is 0 Å². The Balaban J connectivity index is 1.59. The van der Waals surface area contributed by atoms with E-state index in [2.05, 4.69) is 5.32 Å². The van der Waals surface area contributed by atoms with E-state index in [-0.39, 0.29) is 17.4 Å². The number of hydrogen-bond donors (Lipinski definition) is 1. The van der Waals surface area contributed by atoms with Gasteiger partial charge in [0.2, 0.25) is 5.91 Å². The minimum atomic E-state index is -0.471. The Hall–Kier alpha value is -1.82. The van der Waals surface area contributed by atoms with Crippen LogP contribution in [0.25, 0.3) is 0 Å². The van der Waals surface area contributed by atoms with Crippen LogP contribution in [0.1, 0.15) is 18.4 Å². The molecule has 5 nitrogen and oxygen atoms in total. The summed E-state index contributed by atoms with van der Waals surface area (Å²) in [6.45, 7) is 1.57. The Morgan fingerprint density at radius 3 is 2.73 bits per heavy atom. The van der Waals surface area contributed by atoms with Crippen molar-refractivity contribution >= 4 is 23.6 Å². The standard InChI is InChI=1S/C15H16ClFN2O3/c16-12-8-11(17)2-1-10(12)7-13(20)19-5-3-15(4-6-19)9-18-14(21)22-15/h1-2,8H,3-7,9H2,(H,18,21). The Bertz CT molecular complexity index is 615. The second kappa shape index (κ2) is 5.76. The molecule has 2 aliphatic heterocycles. The fourth-order valence-corrected chi connectivity index (χ4v) is 3.12. The van der Waals surface area contributed by atoms with Crippen LogP contribution in [-0.2, 0) is 16.0 Å². The van der Waals surface area contributed by atoms with Gasteiger partial charge in [0.05, 0.1) is 13.0 Å². The van der Waals surface area contributed by atoms with Crippen molar-refractivity contribution in [2.24, 2.45) is 0 Å². The third-order valence-electron chi connectivity index (χ3n) is 4.25. The van der Waals surface area contributed by atoms with E-state index in [9.17, 15) is 14.0 Å². The Morgan fingerprint density at radius 1 is 1.41 bits per heavy atom. The first-order valence-electron chi connectivity index (χ1n) is 7.16. The molecule has 1 N–H and O–H groups in total. The molecule has 1 aromatic carbocycles. The van der Waals surface area contributed by atoms with E-state index in [0.29, 0.717) is 38.0 Å². The van der Waals surface area contributed by atoms with Crippen molar-refractivity contribution in [3.63, 3.8) is 0 Å². The molecule has 118 valence electrons. The number of ether oxygens (including phenoxy) is 1. The van der Waals surface area contributed by atoms with Crippen LogP contribution in [0.3, 0.4) is 0 Å². The molecule has 7 heteroatoms. The predicted octanol–water partition coefficient (Wildman–Crippen LogP) is 2.12. The zero-order chi connectivity index (χ0) is 15.7. The van der Waals surface area contributed by atoms with E-state index in [1.807, 2.05) is 0 Å². The minimum Gasteiger partial charge on any atom is -0.441 e. The summed E-state index contributed by atoms with van der Waals surface area (Å²) in [4.78, 5) is 25.2. The van der Waals surface area contributed by atoms with Crippen molar-refractivity contribution in [2.75, 3.05) is 19.6 Å². The molecule has 0 radical (unpaired) electrons. The minimum absolute atomic E-state index is 0.0550. The monoisotopic (exact) mass is 326 g/mol. The SMILES string of the molecule is O=C1NCC2(CCN(C(=O)Cc3ccc(F)cc3Cl)CC2)O1. The molecule has 1 aromatic rings. The maximum Gasteiger partial charge on any atom is 0.407 e. The van der Waals surface area contributed by atoms with Gasteiger partial charge >= 0.3 is 6.09 Å². The summed E-state index contributed by atoms with van der Waals surface area (Å²) in [5, 5.41) is 2.92. The number of halogens is 2. The number of benzene rings is 1. The molecule has 0 unspecified atom stereocenters. The molecule has 0 saturated carbocycles. The van der Waals surface area contributed by atoms with Crippen molar-refractivity contribution in [1.29, 1.82) is 0 Å². The lowest BCUT2D eigenvalue weighted by molar-refractivity contribution is -0.133. The molecule has 2 saturated heterocycles. The zero-order valence-electron chi connectivity index (χ0n) is 11.9. The van der Waals surface area contributed by atoms with Crippen LogP contribution in [0.5, 0.6) is 0 Å². The highest BCUT2D eigenvalue weighted by Gasteiger charge is 2.43. The summed E-state index contributed by atoms with van der Waals surface area (Å²) in [6, 6.07) is 4.03. The summed E-state index contributed by atoms with van der Waals surface area (Å²) in [6.07, 6.45) is 0.991. The topological polar surface area (TPSA) is 58.6 Å². The first kappa shape index (κ1) is 15.1. The first-order chi connectivity index (χ1) is 10.5. The van der Waals surface area contributed by atoms with Crippen molar-refractivity contribution < 1.29 is 18.7 Å². The van der Waals surface area contributed by atoms with Crippen LogP contribution in [0.15, 0.2) is 18.2 Å². The molecular formula is C15H16ClFN2O3. The predicted molar refractivity (Wildman–Crippen MR) is 78.1 cm³/mol. The Morgan fingerprint density at radius 2 is 2.14 bits per heavy atom.